The van der Waals surface area contributed by atoms with Gasteiger partial charge in [-0.25, -0.2) is 0 Å². The molecule has 0 aromatic rings. The Morgan fingerprint density at radius 3 is 2.61 bits per heavy atom. The zero-order chi connectivity index (χ0) is 13.2. The molecular weight excluding hydrogens is 226 g/mol. The minimum atomic E-state index is -0.273. The highest BCUT2D eigenvalue weighted by molar-refractivity contribution is 4.77. The van der Waals surface area contributed by atoms with Crippen LogP contribution in [0.3, 0.4) is 0 Å². The van der Waals surface area contributed by atoms with E-state index >= 15 is 0 Å². The summed E-state index contributed by atoms with van der Waals surface area (Å²) in [6, 6.07) is 0. The Morgan fingerprint density at radius 1 is 1.17 bits per heavy atom. The third kappa shape index (κ3) is 6.17. The first-order valence-electron chi connectivity index (χ1n) is 7.80. The maximum absolute atomic E-state index is 10.1. The van der Waals surface area contributed by atoms with Gasteiger partial charge in [-0.2, -0.15) is 0 Å². The first kappa shape index (κ1) is 15.9. The van der Waals surface area contributed by atoms with Crippen molar-refractivity contribution in [3.8, 4) is 0 Å². The van der Waals surface area contributed by atoms with E-state index in [4.69, 9.17) is 4.74 Å². The fourth-order valence-corrected chi connectivity index (χ4v) is 2.57. The van der Waals surface area contributed by atoms with Crippen LogP contribution in [0.4, 0.5) is 0 Å². The van der Waals surface area contributed by atoms with Gasteiger partial charge >= 0.3 is 0 Å². The van der Waals surface area contributed by atoms with Gasteiger partial charge in [0.2, 0.25) is 0 Å². The van der Waals surface area contributed by atoms with Gasteiger partial charge in [0, 0.05) is 13.1 Å². The van der Waals surface area contributed by atoms with Crippen LogP contribution in [0.5, 0.6) is 0 Å². The smallest absolute Gasteiger partial charge is 0.0960 e. The number of hydrogen-bond donors (Lipinski definition) is 1. The molecule has 1 rings (SSSR count). The third-order valence-corrected chi connectivity index (χ3v) is 3.91. The van der Waals surface area contributed by atoms with E-state index in [1.165, 1.54) is 32.1 Å². The number of morpholine rings is 1. The van der Waals surface area contributed by atoms with Crippen molar-refractivity contribution < 1.29 is 9.84 Å². The molecule has 2 atom stereocenters. The molecule has 1 fully saturated rings. The third-order valence-electron chi connectivity index (χ3n) is 3.91. The zero-order valence-electron chi connectivity index (χ0n) is 12.2. The van der Waals surface area contributed by atoms with E-state index in [-0.39, 0.29) is 12.2 Å². The second-order valence-corrected chi connectivity index (χ2v) is 5.43. The SMILES string of the molecule is CCCCCCCCC(O)C1CN(CC)CCO1. The number of ether oxygens (including phenoxy) is 1. The second kappa shape index (κ2) is 9.76. The van der Waals surface area contributed by atoms with Crippen LogP contribution in [0, 0.1) is 0 Å². The Labute approximate surface area is 113 Å². The number of aliphatic hydroxyl groups is 1. The summed E-state index contributed by atoms with van der Waals surface area (Å²) < 4.78 is 5.68. The molecule has 3 nitrogen and oxygen atoms in total. The Hall–Kier alpha value is -0.120. The molecular formula is C15H31NO2. The lowest BCUT2D eigenvalue weighted by molar-refractivity contribution is -0.0897. The maximum atomic E-state index is 10.1. The highest BCUT2D eigenvalue weighted by Gasteiger charge is 2.25. The number of unbranched alkanes of at least 4 members (excludes halogenated alkanes) is 5. The van der Waals surface area contributed by atoms with Gasteiger partial charge in [0.1, 0.15) is 0 Å². The average Bonchev–Trinajstić information content (AvgIpc) is 2.42. The Bertz CT molecular complexity index is 199. The fraction of sp³-hybridized carbons (Fsp3) is 1.00. The molecule has 1 aliphatic heterocycles. The molecule has 0 aliphatic carbocycles. The number of hydrogen-bond acceptors (Lipinski definition) is 3. The van der Waals surface area contributed by atoms with Crippen LogP contribution in [0.2, 0.25) is 0 Å². The van der Waals surface area contributed by atoms with Crippen LogP contribution in [0.1, 0.15) is 58.8 Å². The molecule has 0 aromatic heterocycles. The van der Waals surface area contributed by atoms with Crippen LogP contribution < -0.4 is 0 Å². The highest BCUT2D eigenvalue weighted by Crippen LogP contribution is 2.15. The van der Waals surface area contributed by atoms with Crippen molar-refractivity contribution in [1.29, 1.82) is 0 Å². The molecule has 1 heterocycles. The van der Waals surface area contributed by atoms with Gasteiger partial charge in [0.25, 0.3) is 0 Å². The molecule has 3 heteroatoms. The predicted octanol–water partition coefficient (Wildman–Crippen LogP) is 2.82. The first-order valence-corrected chi connectivity index (χ1v) is 7.80. The van der Waals surface area contributed by atoms with Gasteiger partial charge in [0.05, 0.1) is 18.8 Å². The molecule has 18 heavy (non-hydrogen) atoms. The van der Waals surface area contributed by atoms with Crippen LogP contribution in [0.15, 0.2) is 0 Å². The summed E-state index contributed by atoms with van der Waals surface area (Å²) in [4.78, 5) is 2.36. The monoisotopic (exact) mass is 257 g/mol. The Kier molecular flexibility index (Phi) is 8.64. The number of nitrogens with zero attached hydrogens (tertiary/aromatic N) is 1. The molecule has 0 saturated carbocycles. The van der Waals surface area contributed by atoms with Gasteiger partial charge in [-0.3, -0.25) is 4.90 Å². The van der Waals surface area contributed by atoms with Crippen molar-refractivity contribution in [2.75, 3.05) is 26.2 Å². The van der Waals surface area contributed by atoms with Crippen molar-refractivity contribution in [3.05, 3.63) is 0 Å². The lowest BCUT2D eigenvalue weighted by Crippen LogP contribution is -2.47. The van der Waals surface area contributed by atoms with Gasteiger partial charge < -0.3 is 9.84 Å². The summed E-state index contributed by atoms with van der Waals surface area (Å²) in [7, 11) is 0. The van der Waals surface area contributed by atoms with E-state index in [2.05, 4.69) is 18.7 Å². The van der Waals surface area contributed by atoms with Gasteiger partial charge in [-0.1, -0.05) is 52.4 Å². The van der Waals surface area contributed by atoms with Crippen molar-refractivity contribution in [2.24, 2.45) is 0 Å². The predicted molar refractivity (Wildman–Crippen MR) is 75.9 cm³/mol. The highest BCUT2D eigenvalue weighted by atomic mass is 16.5. The van der Waals surface area contributed by atoms with Crippen LogP contribution >= 0.6 is 0 Å². The van der Waals surface area contributed by atoms with E-state index in [9.17, 15) is 5.11 Å². The van der Waals surface area contributed by atoms with E-state index in [1.54, 1.807) is 0 Å². The molecule has 1 N–H and O–H groups in total. The molecule has 0 aromatic carbocycles. The van der Waals surface area contributed by atoms with E-state index in [0.717, 1.165) is 39.1 Å². The topological polar surface area (TPSA) is 32.7 Å². The lowest BCUT2D eigenvalue weighted by atomic mass is 10.0. The molecule has 108 valence electrons. The van der Waals surface area contributed by atoms with Gasteiger partial charge in [-0.05, 0) is 13.0 Å². The summed E-state index contributed by atoms with van der Waals surface area (Å²) in [5.74, 6) is 0. The quantitative estimate of drug-likeness (QED) is 0.645. The Morgan fingerprint density at radius 2 is 1.89 bits per heavy atom. The average molecular weight is 257 g/mol. The van der Waals surface area contributed by atoms with Crippen LogP contribution in [-0.4, -0.2) is 48.5 Å². The van der Waals surface area contributed by atoms with E-state index in [0.29, 0.717) is 0 Å². The largest absolute Gasteiger partial charge is 0.390 e. The lowest BCUT2D eigenvalue weighted by Gasteiger charge is -2.34. The summed E-state index contributed by atoms with van der Waals surface area (Å²) >= 11 is 0. The minimum absolute atomic E-state index is 0.0364. The second-order valence-electron chi connectivity index (χ2n) is 5.43. The minimum Gasteiger partial charge on any atom is -0.390 e. The number of rotatable bonds is 9. The fourth-order valence-electron chi connectivity index (χ4n) is 2.57. The van der Waals surface area contributed by atoms with Crippen molar-refractivity contribution in [3.63, 3.8) is 0 Å². The molecule has 0 amide bonds. The first-order chi connectivity index (χ1) is 8.77. The zero-order valence-corrected chi connectivity index (χ0v) is 12.2. The summed E-state index contributed by atoms with van der Waals surface area (Å²) in [6.07, 6.45) is 8.35. The van der Waals surface area contributed by atoms with Crippen molar-refractivity contribution >= 4 is 0 Å². The molecule has 0 radical (unpaired) electrons. The maximum Gasteiger partial charge on any atom is 0.0960 e. The molecule has 0 bridgehead atoms. The summed E-state index contributed by atoms with van der Waals surface area (Å²) in [5.41, 5.74) is 0. The van der Waals surface area contributed by atoms with E-state index < -0.39 is 0 Å². The number of aliphatic hydroxyl groups excluding tert-OH is 1. The molecule has 1 saturated heterocycles. The van der Waals surface area contributed by atoms with Crippen molar-refractivity contribution in [2.45, 2.75) is 71.0 Å². The van der Waals surface area contributed by atoms with Crippen LogP contribution in [0.25, 0.3) is 0 Å². The van der Waals surface area contributed by atoms with Gasteiger partial charge in [0.15, 0.2) is 0 Å². The Balaban J connectivity index is 2.06. The summed E-state index contributed by atoms with van der Waals surface area (Å²) in [6.45, 7) is 8.14. The molecule has 2 unspecified atom stereocenters. The molecule has 1 aliphatic rings. The van der Waals surface area contributed by atoms with Gasteiger partial charge in [-0.15, -0.1) is 0 Å². The normalized spacial score (nSPS) is 23.2. The summed E-state index contributed by atoms with van der Waals surface area (Å²) in [5, 5.41) is 10.1. The van der Waals surface area contributed by atoms with E-state index in [1.807, 2.05) is 0 Å². The van der Waals surface area contributed by atoms with Crippen molar-refractivity contribution in [1.82, 2.24) is 4.90 Å². The molecule has 0 spiro atoms. The van der Waals surface area contributed by atoms with Crippen LogP contribution in [-0.2, 0) is 4.74 Å². The standard InChI is InChI=1S/C15H31NO2/c1-3-5-6-7-8-9-10-14(17)15-13-16(4-2)11-12-18-15/h14-15,17H,3-13H2,1-2H3. The number of likely N-dealkylation sites (N-methyl/N-ethyl adjacent to an activating group) is 1.